The van der Waals surface area contributed by atoms with E-state index in [1.54, 1.807) is 0 Å². The highest BCUT2D eigenvalue weighted by Gasteiger charge is 2.47. The van der Waals surface area contributed by atoms with Crippen LogP contribution in [0.3, 0.4) is 0 Å². The van der Waals surface area contributed by atoms with E-state index in [-0.39, 0.29) is 18.4 Å². The van der Waals surface area contributed by atoms with Crippen molar-refractivity contribution in [3.63, 3.8) is 0 Å². The molecule has 0 spiro atoms. The molecule has 1 unspecified atom stereocenters. The van der Waals surface area contributed by atoms with Crippen LogP contribution in [0.15, 0.2) is 18.2 Å². The molecule has 4 atom stereocenters. The SMILES string of the molecule is CCOc1ccc2c(c1)CCN1C[C@@H](CC(C)CC)[C@@](O)(CCF)C[C@H]21. The molecule has 26 heavy (non-hydrogen) atoms. The number of rotatable bonds is 7. The zero-order chi connectivity index (χ0) is 18.7. The number of halogens is 1. The average molecular weight is 364 g/mol. The second-order valence-electron chi connectivity index (χ2n) is 8.25. The van der Waals surface area contributed by atoms with Gasteiger partial charge in [-0.3, -0.25) is 9.29 Å². The van der Waals surface area contributed by atoms with Crippen molar-refractivity contribution in [1.29, 1.82) is 0 Å². The Balaban J connectivity index is 1.85. The third-order valence-electron chi connectivity index (χ3n) is 6.57. The molecule has 0 aliphatic carbocycles. The second kappa shape index (κ2) is 8.26. The molecule has 1 N–H and O–H groups in total. The standard InChI is InChI=1S/C22H34FNO2/c1-4-16(3)12-18-15-24-11-8-17-13-19(26-5-2)6-7-20(17)21(24)14-22(18,25)9-10-23/h6-7,13,16,18,21,25H,4-5,8-12,14-15H2,1-3H3/t16?,18-,21-,22-/m1/s1. The summed E-state index contributed by atoms with van der Waals surface area (Å²) >= 11 is 0. The number of piperidine rings is 1. The Morgan fingerprint density at radius 2 is 2.19 bits per heavy atom. The third kappa shape index (κ3) is 3.91. The highest BCUT2D eigenvalue weighted by Crippen LogP contribution is 2.46. The first-order valence-corrected chi connectivity index (χ1v) is 10.3. The Labute approximate surface area is 157 Å². The summed E-state index contributed by atoms with van der Waals surface area (Å²) in [5.74, 6) is 1.64. The van der Waals surface area contributed by atoms with Gasteiger partial charge in [0.05, 0.1) is 18.9 Å². The normalized spacial score (nSPS) is 29.7. The van der Waals surface area contributed by atoms with Gasteiger partial charge in [-0.25, -0.2) is 0 Å². The summed E-state index contributed by atoms with van der Waals surface area (Å²) in [6, 6.07) is 6.53. The quantitative estimate of drug-likeness (QED) is 0.772. The third-order valence-corrected chi connectivity index (χ3v) is 6.57. The summed E-state index contributed by atoms with van der Waals surface area (Å²) < 4.78 is 18.9. The maximum Gasteiger partial charge on any atom is 0.119 e. The molecule has 1 saturated heterocycles. The molecule has 0 amide bonds. The molecule has 2 aliphatic heterocycles. The minimum atomic E-state index is -0.896. The molecule has 2 heterocycles. The molecular formula is C22H34FNO2. The maximum absolute atomic E-state index is 13.3. The number of nitrogens with zero attached hydrogens (tertiary/aromatic N) is 1. The highest BCUT2D eigenvalue weighted by atomic mass is 19.1. The monoisotopic (exact) mass is 363 g/mol. The van der Waals surface area contributed by atoms with Gasteiger partial charge in [0.25, 0.3) is 0 Å². The lowest BCUT2D eigenvalue weighted by atomic mass is 9.69. The molecule has 3 nitrogen and oxygen atoms in total. The Morgan fingerprint density at radius 3 is 2.88 bits per heavy atom. The lowest BCUT2D eigenvalue weighted by Crippen LogP contribution is -2.55. The van der Waals surface area contributed by atoms with E-state index in [9.17, 15) is 9.50 Å². The molecule has 146 valence electrons. The van der Waals surface area contributed by atoms with Crippen LogP contribution in [-0.2, 0) is 6.42 Å². The summed E-state index contributed by atoms with van der Waals surface area (Å²) in [6.07, 6.45) is 4.00. The molecule has 1 aromatic carbocycles. The number of ether oxygens (including phenoxy) is 1. The van der Waals surface area contributed by atoms with E-state index in [1.165, 1.54) is 11.1 Å². The Hall–Kier alpha value is -1.13. The van der Waals surface area contributed by atoms with Crippen LogP contribution in [0, 0.1) is 11.8 Å². The number of alkyl halides is 1. The van der Waals surface area contributed by atoms with Crippen molar-refractivity contribution in [1.82, 2.24) is 4.90 Å². The van der Waals surface area contributed by atoms with Gasteiger partial charge in [0, 0.05) is 31.5 Å². The molecular weight excluding hydrogens is 329 g/mol. The van der Waals surface area contributed by atoms with E-state index >= 15 is 0 Å². The van der Waals surface area contributed by atoms with Gasteiger partial charge in [-0.15, -0.1) is 0 Å². The van der Waals surface area contributed by atoms with Crippen molar-refractivity contribution >= 4 is 0 Å². The number of hydrogen-bond acceptors (Lipinski definition) is 3. The molecule has 0 aromatic heterocycles. The number of aliphatic hydroxyl groups is 1. The van der Waals surface area contributed by atoms with Crippen LogP contribution >= 0.6 is 0 Å². The summed E-state index contributed by atoms with van der Waals surface area (Å²) in [5.41, 5.74) is 1.71. The maximum atomic E-state index is 13.3. The van der Waals surface area contributed by atoms with Gasteiger partial charge in [-0.2, -0.15) is 0 Å². The fraction of sp³-hybridized carbons (Fsp3) is 0.727. The van der Waals surface area contributed by atoms with Crippen LogP contribution in [0.1, 0.15) is 63.6 Å². The topological polar surface area (TPSA) is 32.7 Å². The zero-order valence-corrected chi connectivity index (χ0v) is 16.5. The predicted octanol–water partition coefficient (Wildman–Crippen LogP) is 4.53. The number of fused-ring (bicyclic) bond motifs is 3. The van der Waals surface area contributed by atoms with Gasteiger partial charge in [0.1, 0.15) is 5.75 Å². The molecule has 0 saturated carbocycles. The van der Waals surface area contributed by atoms with Crippen molar-refractivity contribution in [2.75, 3.05) is 26.4 Å². The van der Waals surface area contributed by atoms with Crippen LogP contribution in [-0.4, -0.2) is 42.0 Å². The van der Waals surface area contributed by atoms with Crippen molar-refractivity contribution in [2.45, 2.75) is 64.5 Å². The van der Waals surface area contributed by atoms with Gasteiger partial charge < -0.3 is 9.84 Å². The van der Waals surface area contributed by atoms with Gasteiger partial charge >= 0.3 is 0 Å². The average Bonchev–Trinajstić information content (AvgIpc) is 2.62. The minimum absolute atomic E-state index is 0.161. The van der Waals surface area contributed by atoms with Gasteiger partial charge in [0.15, 0.2) is 0 Å². The van der Waals surface area contributed by atoms with Crippen molar-refractivity contribution in [3.8, 4) is 5.75 Å². The predicted molar refractivity (Wildman–Crippen MR) is 103 cm³/mol. The van der Waals surface area contributed by atoms with E-state index in [4.69, 9.17) is 4.74 Å². The van der Waals surface area contributed by atoms with E-state index < -0.39 is 12.3 Å². The molecule has 3 rings (SSSR count). The molecule has 0 radical (unpaired) electrons. The molecule has 2 aliphatic rings. The fourth-order valence-electron chi connectivity index (χ4n) is 4.82. The van der Waals surface area contributed by atoms with E-state index in [1.807, 2.05) is 13.0 Å². The highest BCUT2D eigenvalue weighted by molar-refractivity contribution is 5.40. The van der Waals surface area contributed by atoms with Crippen molar-refractivity contribution < 1.29 is 14.2 Å². The summed E-state index contributed by atoms with van der Waals surface area (Å²) in [7, 11) is 0. The number of hydrogen-bond donors (Lipinski definition) is 1. The van der Waals surface area contributed by atoms with Crippen LogP contribution in [0.5, 0.6) is 5.75 Å². The van der Waals surface area contributed by atoms with Crippen molar-refractivity contribution in [2.24, 2.45) is 11.8 Å². The summed E-state index contributed by atoms with van der Waals surface area (Å²) in [4.78, 5) is 2.52. The van der Waals surface area contributed by atoms with Crippen LogP contribution < -0.4 is 4.74 Å². The molecule has 1 fully saturated rings. The van der Waals surface area contributed by atoms with E-state index in [0.29, 0.717) is 18.9 Å². The number of benzene rings is 1. The second-order valence-corrected chi connectivity index (χ2v) is 8.25. The Morgan fingerprint density at radius 1 is 1.38 bits per heavy atom. The van der Waals surface area contributed by atoms with Crippen molar-refractivity contribution in [3.05, 3.63) is 29.3 Å². The van der Waals surface area contributed by atoms with Crippen LogP contribution in [0.25, 0.3) is 0 Å². The van der Waals surface area contributed by atoms with Crippen LogP contribution in [0.2, 0.25) is 0 Å². The summed E-state index contributed by atoms with van der Waals surface area (Å²) in [6.45, 7) is 8.53. The first kappa shape index (κ1) is 19.6. The largest absolute Gasteiger partial charge is 0.494 e. The van der Waals surface area contributed by atoms with E-state index in [0.717, 1.165) is 38.1 Å². The van der Waals surface area contributed by atoms with Gasteiger partial charge in [-0.05, 0) is 55.4 Å². The van der Waals surface area contributed by atoms with Crippen LogP contribution in [0.4, 0.5) is 4.39 Å². The first-order chi connectivity index (χ1) is 12.5. The van der Waals surface area contributed by atoms with E-state index in [2.05, 4.69) is 30.9 Å². The molecule has 0 bridgehead atoms. The Bertz CT molecular complexity index is 608. The molecule has 1 aromatic rings. The molecule has 4 heteroatoms. The smallest absolute Gasteiger partial charge is 0.119 e. The zero-order valence-electron chi connectivity index (χ0n) is 16.5. The summed E-state index contributed by atoms with van der Waals surface area (Å²) in [5, 5.41) is 11.4. The fourth-order valence-corrected chi connectivity index (χ4v) is 4.82. The van der Waals surface area contributed by atoms with Gasteiger partial charge in [0.2, 0.25) is 0 Å². The van der Waals surface area contributed by atoms with Gasteiger partial charge in [-0.1, -0.05) is 26.3 Å². The first-order valence-electron chi connectivity index (χ1n) is 10.3. The lowest BCUT2D eigenvalue weighted by molar-refractivity contribution is -0.111. The minimum Gasteiger partial charge on any atom is -0.494 e. The lowest BCUT2D eigenvalue weighted by Gasteiger charge is -2.51. The Kier molecular flexibility index (Phi) is 6.24.